The quantitative estimate of drug-likeness (QED) is 0.698. The first-order chi connectivity index (χ1) is 12.8. The molecule has 0 fully saturated rings. The van der Waals surface area contributed by atoms with Crippen molar-refractivity contribution in [3.63, 3.8) is 0 Å². The number of aromatic nitrogens is 1. The third-order valence-electron chi connectivity index (χ3n) is 3.85. The maximum atomic E-state index is 12.2. The third kappa shape index (κ3) is 3.94. The number of hydrogen-bond acceptors (Lipinski definition) is 6. The van der Waals surface area contributed by atoms with E-state index in [0.717, 1.165) is 27.8 Å². The molecule has 0 aliphatic carbocycles. The molecular formula is C19H17N3O3S. The molecule has 0 unspecified atom stereocenters. The van der Waals surface area contributed by atoms with E-state index >= 15 is 0 Å². The van der Waals surface area contributed by atoms with Crippen LogP contribution in [0.15, 0.2) is 53.9 Å². The average molecular weight is 367 g/mol. The predicted molar refractivity (Wildman–Crippen MR) is 100.0 cm³/mol. The molecule has 0 saturated carbocycles. The third-order valence-corrected chi connectivity index (χ3v) is 4.65. The smallest absolute Gasteiger partial charge is 0.231 e. The number of carbonyl (C=O) groups is 1. The van der Waals surface area contributed by atoms with Gasteiger partial charge in [-0.2, -0.15) is 0 Å². The number of fused-ring (bicyclic) bond motifs is 1. The molecule has 0 radical (unpaired) electrons. The average Bonchev–Trinajstić information content (AvgIpc) is 3.29. The number of para-hydroxylation sites is 1. The van der Waals surface area contributed by atoms with Crippen LogP contribution in [0.5, 0.6) is 11.5 Å². The molecule has 6 nitrogen and oxygen atoms in total. The van der Waals surface area contributed by atoms with Gasteiger partial charge in [0.15, 0.2) is 16.6 Å². The minimum Gasteiger partial charge on any atom is -0.454 e. The largest absolute Gasteiger partial charge is 0.454 e. The molecule has 1 aromatic heterocycles. The SMILES string of the molecule is O=C(Cc1csc(Nc2ccccc2)n1)NCc1ccc2c(c1)OCO2. The van der Waals surface area contributed by atoms with Crippen LogP contribution in [0.1, 0.15) is 11.3 Å². The molecule has 1 aliphatic rings. The first-order valence-corrected chi connectivity index (χ1v) is 9.06. The number of carbonyl (C=O) groups excluding carboxylic acids is 1. The van der Waals surface area contributed by atoms with Crippen molar-refractivity contribution in [3.8, 4) is 11.5 Å². The molecule has 4 rings (SSSR count). The first kappa shape index (κ1) is 16.4. The summed E-state index contributed by atoms with van der Waals surface area (Å²) in [6, 6.07) is 15.5. The van der Waals surface area contributed by atoms with Crippen LogP contribution in [0.25, 0.3) is 0 Å². The van der Waals surface area contributed by atoms with Crippen LogP contribution in [0.2, 0.25) is 0 Å². The lowest BCUT2D eigenvalue weighted by Gasteiger charge is -2.05. The fraction of sp³-hybridized carbons (Fsp3) is 0.158. The summed E-state index contributed by atoms with van der Waals surface area (Å²) < 4.78 is 10.6. The van der Waals surface area contributed by atoms with Crippen LogP contribution in [0.4, 0.5) is 10.8 Å². The number of amides is 1. The molecule has 7 heteroatoms. The minimum atomic E-state index is -0.0702. The van der Waals surface area contributed by atoms with Crippen LogP contribution in [0, 0.1) is 0 Å². The van der Waals surface area contributed by atoms with Crippen molar-refractivity contribution in [1.29, 1.82) is 0 Å². The molecule has 1 aliphatic heterocycles. The number of hydrogen-bond donors (Lipinski definition) is 2. The van der Waals surface area contributed by atoms with E-state index in [9.17, 15) is 4.79 Å². The number of nitrogens with zero attached hydrogens (tertiary/aromatic N) is 1. The Morgan fingerprint density at radius 3 is 2.85 bits per heavy atom. The molecule has 3 aromatic rings. The number of rotatable bonds is 6. The van der Waals surface area contributed by atoms with Crippen molar-refractivity contribution in [2.75, 3.05) is 12.1 Å². The first-order valence-electron chi connectivity index (χ1n) is 8.18. The van der Waals surface area contributed by atoms with Crippen LogP contribution in [0.3, 0.4) is 0 Å². The van der Waals surface area contributed by atoms with Gasteiger partial charge >= 0.3 is 0 Å². The molecule has 0 bridgehead atoms. The van der Waals surface area contributed by atoms with Gasteiger partial charge in [0.05, 0.1) is 12.1 Å². The van der Waals surface area contributed by atoms with Crippen molar-refractivity contribution in [3.05, 3.63) is 65.2 Å². The Hall–Kier alpha value is -3.06. The summed E-state index contributed by atoms with van der Waals surface area (Å²) >= 11 is 1.48. The van der Waals surface area contributed by atoms with E-state index < -0.39 is 0 Å². The van der Waals surface area contributed by atoms with E-state index in [2.05, 4.69) is 15.6 Å². The number of ether oxygens (including phenoxy) is 2. The van der Waals surface area contributed by atoms with Gasteiger partial charge in [0, 0.05) is 17.6 Å². The summed E-state index contributed by atoms with van der Waals surface area (Å²) in [5, 5.41) is 8.80. The highest BCUT2D eigenvalue weighted by Crippen LogP contribution is 2.32. The van der Waals surface area contributed by atoms with Crippen LogP contribution >= 0.6 is 11.3 Å². The van der Waals surface area contributed by atoms with Crippen molar-refractivity contribution < 1.29 is 14.3 Å². The lowest BCUT2D eigenvalue weighted by molar-refractivity contribution is -0.120. The number of benzene rings is 2. The second-order valence-corrected chi connectivity index (χ2v) is 6.63. The topological polar surface area (TPSA) is 72.5 Å². The summed E-state index contributed by atoms with van der Waals surface area (Å²) in [6.07, 6.45) is 0.248. The molecule has 1 amide bonds. The highest BCUT2D eigenvalue weighted by molar-refractivity contribution is 7.13. The molecule has 26 heavy (non-hydrogen) atoms. The second kappa shape index (κ2) is 7.45. The van der Waals surface area contributed by atoms with Crippen LogP contribution < -0.4 is 20.1 Å². The van der Waals surface area contributed by atoms with Crippen LogP contribution in [-0.2, 0) is 17.8 Å². The lowest BCUT2D eigenvalue weighted by atomic mass is 10.2. The number of thiazole rings is 1. The predicted octanol–water partition coefficient (Wildman–Crippen LogP) is 3.47. The Morgan fingerprint density at radius 1 is 1.12 bits per heavy atom. The van der Waals surface area contributed by atoms with E-state index in [1.54, 1.807) is 0 Å². The van der Waals surface area contributed by atoms with Gasteiger partial charge in [0.25, 0.3) is 0 Å². The minimum absolute atomic E-state index is 0.0702. The number of anilines is 2. The monoisotopic (exact) mass is 367 g/mol. The van der Waals surface area contributed by atoms with Crippen molar-refractivity contribution in [2.24, 2.45) is 0 Å². The molecule has 0 spiro atoms. The van der Waals surface area contributed by atoms with Gasteiger partial charge in [-0.25, -0.2) is 4.98 Å². The molecule has 0 atom stereocenters. The standard InChI is InChI=1S/C19H17N3O3S/c23-18(20-10-13-6-7-16-17(8-13)25-12-24-16)9-15-11-26-19(22-15)21-14-4-2-1-3-5-14/h1-8,11H,9-10,12H2,(H,20,23)(H,21,22). The molecule has 2 N–H and O–H groups in total. The lowest BCUT2D eigenvalue weighted by Crippen LogP contribution is -2.24. The summed E-state index contributed by atoms with van der Waals surface area (Å²) in [7, 11) is 0. The molecular weight excluding hydrogens is 350 g/mol. The van der Waals surface area contributed by atoms with Gasteiger partial charge in [0.2, 0.25) is 12.7 Å². The zero-order valence-corrected chi connectivity index (χ0v) is 14.7. The fourth-order valence-corrected chi connectivity index (χ4v) is 3.30. The molecule has 2 heterocycles. The Bertz CT molecular complexity index is 911. The van der Waals surface area contributed by atoms with E-state index in [4.69, 9.17) is 9.47 Å². The van der Waals surface area contributed by atoms with Crippen molar-refractivity contribution in [1.82, 2.24) is 10.3 Å². The second-order valence-electron chi connectivity index (χ2n) is 5.78. The van der Waals surface area contributed by atoms with E-state index in [1.807, 2.05) is 53.9 Å². The summed E-state index contributed by atoms with van der Waals surface area (Å²) in [6.45, 7) is 0.684. The van der Waals surface area contributed by atoms with Gasteiger partial charge in [-0.15, -0.1) is 11.3 Å². The van der Waals surface area contributed by atoms with Gasteiger partial charge in [0.1, 0.15) is 0 Å². The highest BCUT2D eigenvalue weighted by Gasteiger charge is 2.14. The van der Waals surface area contributed by atoms with E-state index in [1.165, 1.54) is 11.3 Å². The Balaban J connectivity index is 1.29. The van der Waals surface area contributed by atoms with Crippen molar-refractivity contribution in [2.45, 2.75) is 13.0 Å². The molecule has 132 valence electrons. The maximum Gasteiger partial charge on any atom is 0.231 e. The van der Waals surface area contributed by atoms with Gasteiger partial charge in [-0.05, 0) is 29.8 Å². The molecule has 0 saturated heterocycles. The highest BCUT2D eigenvalue weighted by atomic mass is 32.1. The summed E-state index contributed by atoms with van der Waals surface area (Å²) in [5.74, 6) is 1.38. The van der Waals surface area contributed by atoms with E-state index in [-0.39, 0.29) is 19.1 Å². The van der Waals surface area contributed by atoms with Gasteiger partial charge < -0.3 is 20.1 Å². The zero-order valence-electron chi connectivity index (χ0n) is 13.9. The Kier molecular flexibility index (Phi) is 4.70. The maximum absolute atomic E-state index is 12.2. The fourth-order valence-electron chi connectivity index (χ4n) is 2.57. The van der Waals surface area contributed by atoms with Gasteiger partial charge in [-0.3, -0.25) is 4.79 Å². The molecule has 2 aromatic carbocycles. The zero-order chi connectivity index (χ0) is 17.8. The van der Waals surface area contributed by atoms with Crippen LogP contribution in [-0.4, -0.2) is 17.7 Å². The van der Waals surface area contributed by atoms with Crippen molar-refractivity contribution >= 4 is 28.1 Å². The van der Waals surface area contributed by atoms with E-state index in [0.29, 0.717) is 12.3 Å². The normalized spacial score (nSPS) is 12.0. The summed E-state index contributed by atoms with van der Waals surface area (Å²) in [5.41, 5.74) is 2.68. The van der Waals surface area contributed by atoms with Gasteiger partial charge in [-0.1, -0.05) is 24.3 Å². The Labute approximate surface area is 154 Å². The summed E-state index contributed by atoms with van der Waals surface area (Å²) in [4.78, 5) is 16.6. The number of nitrogens with one attached hydrogen (secondary N) is 2. The Morgan fingerprint density at radius 2 is 1.96 bits per heavy atom.